The Bertz CT molecular complexity index is 934. The summed E-state index contributed by atoms with van der Waals surface area (Å²) in [6, 6.07) is 8.62. The zero-order chi connectivity index (χ0) is 17.6. The highest BCUT2D eigenvalue weighted by Gasteiger charge is 2.32. The molecule has 3 aromatic rings. The second kappa shape index (κ2) is 5.86. The van der Waals surface area contributed by atoms with Crippen molar-refractivity contribution in [1.82, 2.24) is 20.1 Å². The lowest BCUT2D eigenvalue weighted by Gasteiger charge is -2.22. The molecule has 4 rings (SSSR count). The number of benzene rings is 1. The van der Waals surface area contributed by atoms with E-state index in [0.717, 1.165) is 12.0 Å². The first-order chi connectivity index (χ1) is 12.0. The summed E-state index contributed by atoms with van der Waals surface area (Å²) in [4.78, 5) is 19.5. The molecule has 2 aromatic heterocycles. The molecule has 0 spiro atoms. The van der Waals surface area contributed by atoms with E-state index in [0.29, 0.717) is 28.8 Å². The Hall–Kier alpha value is -2.93. The lowest BCUT2D eigenvalue weighted by atomic mass is 10.1. The Kier molecular flexibility index (Phi) is 3.65. The van der Waals surface area contributed by atoms with Crippen LogP contribution in [0.2, 0.25) is 0 Å². The third-order valence-corrected chi connectivity index (χ3v) is 4.68. The second-order valence-electron chi connectivity index (χ2n) is 6.54. The number of rotatable bonds is 2. The zero-order valence-corrected chi connectivity index (χ0v) is 13.8. The number of amides is 1. The molecule has 1 aliphatic rings. The van der Waals surface area contributed by atoms with Gasteiger partial charge in [0.1, 0.15) is 5.75 Å². The summed E-state index contributed by atoms with van der Waals surface area (Å²) in [5.41, 5.74) is 8.59. The largest absolute Gasteiger partial charge is 0.508 e. The van der Waals surface area contributed by atoms with Crippen molar-refractivity contribution in [3.63, 3.8) is 0 Å². The molecule has 128 valence electrons. The van der Waals surface area contributed by atoms with Crippen LogP contribution in [0.1, 0.15) is 23.7 Å². The lowest BCUT2D eigenvalue weighted by molar-refractivity contribution is 0.0748. The quantitative estimate of drug-likeness (QED) is 0.662. The minimum Gasteiger partial charge on any atom is -0.508 e. The SMILES string of the molecule is CC1CC(N)CN1C(=O)c1cc(-c2ccc(O)cc2)nc2[nH]ncc12. The predicted molar refractivity (Wildman–Crippen MR) is 94.1 cm³/mol. The number of nitrogens with one attached hydrogen (secondary N) is 1. The number of pyridine rings is 1. The fourth-order valence-electron chi connectivity index (χ4n) is 3.40. The number of carbonyl (C=O) groups is 1. The fraction of sp³-hybridized carbons (Fsp3) is 0.278. The molecule has 0 aliphatic carbocycles. The molecule has 0 radical (unpaired) electrons. The van der Waals surface area contributed by atoms with E-state index in [2.05, 4.69) is 15.2 Å². The number of nitrogens with zero attached hydrogens (tertiary/aromatic N) is 3. The number of aromatic amines is 1. The molecule has 2 atom stereocenters. The summed E-state index contributed by atoms with van der Waals surface area (Å²) in [7, 11) is 0. The van der Waals surface area contributed by atoms with Crippen LogP contribution in [0.25, 0.3) is 22.3 Å². The minimum atomic E-state index is -0.0609. The fourth-order valence-corrected chi connectivity index (χ4v) is 3.40. The van der Waals surface area contributed by atoms with Crippen LogP contribution in [0, 0.1) is 0 Å². The van der Waals surface area contributed by atoms with Gasteiger partial charge in [-0.3, -0.25) is 9.89 Å². The number of aromatic hydroxyl groups is 1. The van der Waals surface area contributed by atoms with Gasteiger partial charge in [0.05, 0.1) is 22.8 Å². The van der Waals surface area contributed by atoms with Crippen LogP contribution in [-0.4, -0.2) is 49.7 Å². The molecule has 2 unspecified atom stereocenters. The highest BCUT2D eigenvalue weighted by atomic mass is 16.3. The van der Waals surface area contributed by atoms with Gasteiger partial charge >= 0.3 is 0 Å². The molecular formula is C18H19N5O2. The molecule has 7 nitrogen and oxygen atoms in total. The maximum atomic E-state index is 13.1. The maximum Gasteiger partial charge on any atom is 0.255 e. The van der Waals surface area contributed by atoms with Crippen LogP contribution in [0.4, 0.5) is 0 Å². The number of fused-ring (bicyclic) bond motifs is 1. The van der Waals surface area contributed by atoms with E-state index >= 15 is 0 Å². The molecule has 25 heavy (non-hydrogen) atoms. The number of aromatic nitrogens is 3. The number of phenols is 1. The standard InChI is InChI=1S/C18H19N5O2/c1-10-6-12(19)9-23(10)18(25)14-7-16(11-2-4-13(24)5-3-11)21-17-15(14)8-20-22-17/h2-5,7-8,10,12,24H,6,9,19H2,1H3,(H,20,21,22). The number of carbonyl (C=O) groups excluding carboxylic acids is 1. The first-order valence-electron chi connectivity index (χ1n) is 8.23. The third kappa shape index (κ3) is 2.72. The number of hydrogen-bond donors (Lipinski definition) is 3. The van der Waals surface area contributed by atoms with Crippen LogP contribution in [0.5, 0.6) is 5.75 Å². The average Bonchev–Trinajstić information content (AvgIpc) is 3.19. The molecule has 1 fully saturated rings. The summed E-state index contributed by atoms with van der Waals surface area (Å²) in [5.74, 6) is 0.122. The van der Waals surface area contributed by atoms with Crippen LogP contribution in [0.15, 0.2) is 36.5 Å². The highest BCUT2D eigenvalue weighted by molar-refractivity contribution is 6.06. The van der Waals surface area contributed by atoms with Crippen molar-refractivity contribution >= 4 is 16.9 Å². The summed E-state index contributed by atoms with van der Waals surface area (Å²) < 4.78 is 0. The van der Waals surface area contributed by atoms with Gasteiger partial charge in [-0.2, -0.15) is 5.10 Å². The molecule has 1 aliphatic heterocycles. The Morgan fingerprint density at radius 1 is 1.36 bits per heavy atom. The summed E-state index contributed by atoms with van der Waals surface area (Å²) >= 11 is 0. The zero-order valence-electron chi connectivity index (χ0n) is 13.8. The molecule has 3 heterocycles. The van der Waals surface area contributed by atoms with Gasteiger partial charge < -0.3 is 15.7 Å². The maximum absolute atomic E-state index is 13.1. The van der Waals surface area contributed by atoms with Crippen molar-refractivity contribution in [1.29, 1.82) is 0 Å². The topological polar surface area (TPSA) is 108 Å². The Balaban J connectivity index is 1.81. The lowest BCUT2D eigenvalue weighted by Crippen LogP contribution is -2.35. The first kappa shape index (κ1) is 15.6. The van der Waals surface area contributed by atoms with E-state index in [4.69, 9.17) is 5.73 Å². The van der Waals surface area contributed by atoms with E-state index < -0.39 is 0 Å². The molecule has 1 saturated heterocycles. The van der Waals surface area contributed by atoms with Crippen molar-refractivity contribution < 1.29 is 9.90 Å². The van der Waals surface area contributed by atoms with Crippen molar-refractivity contribution in [2.45, 2.75) is 25.4 Å². The number of hydrogen-bond acceptors (Lipinski definition) is 5. The first-order valence-corrected chi connectivity index (χ1v) is 8.23. The van der Waals surface area contributed by atoms with E-state index in [9.17, 15) is 9.90 Å². The number of phenolic OH excluding ortho intramolecular Hbond substituents is 1. The summed E-state index contributed by atoms with van der Waals surface area (Å²) in [5, 5.41) is 17.0. The Morgan fingerprint density at radius 2 is 2.12 bits per heavy atom. The monoisotopic (exact) mass is 337 g/mol. The van der Waals surface area contributed by atoms with Crippen molar-refractivity contribution in [2.24, 2.45) is 5.73 Å². The third-order valence-electron chi connectivity index (χ3n) is 4.68. The second-order valence-corrected chi connectivity index (χ2v) is 6.54. The molecule has 4 N–H and O–H groups in total. The predicted octanol–water partition coefficient (Wildman–Crippen LogP) is 1.89. The molecule has 0 bridgehead atoms. The molecule has 7 heteroatoms. The Labute approximate surface area is 144 Å². The number of H-pyrrole nitrogens is 1. The van der Waals surface area contributed by atoms with Gasteiger partial charge in [-0.15, -0.1) is 0 Å². The van der Waals surface area contributed by atoms with Crippen LogP contribution in [-0.2, 0) is 0 Å². The van der Waals surface area contributed by atoms with Crippen molar-refractivity contribution in [3.05, 3.63) is 42.1 Å². The molecule has 0 saturated carbocycles. The number of nitrogens with two attached hydrogens (primary N) is 1. The van der Waals surface area contributed by atoms with Gasteiger partial charge in [-0.25, -0.2) is 4.98 Å². The smallest absolute Gasteiger partial charge is 0.255 e. The molecule has 1 aromatic carbocycles. The van der Waals surface area contributed by atoms with E-state index in [1.807, 2.05) is 11.8 Å². The van der Waals surface area contributed by atoms with Crippen molar-refractivity contribution in [2.75, 3.05) is 6.54 Å². The summed E-state index contributed by atoms with van der Waals surface area (Å²) in [6.07, 6.45) is 2.42. The average molecular weight is 337 g/mol. The van der Waals surface area contributed by atoms with Gasteiger partial charge in [0.25, 0.3) is 5.91 Å². The van der Waals surface area contributed by atoms with Gasteiger partial charge in [-0.05, 0) is 43.7 Å². The normalized spacial score (nSPS) is 20.3. The Morgan fingerprint density at radius 3 is 2.80 bits per heavy atom. The number of likely N-dealkylation sites (tertiary alicyclic amines) is 1. The van der Waals surface area contributed by atoms with E-state index in [1.165, 1.54) is 0 Å². The summed E-state index contributed by atoms with van der Waals surface area (Å²) in [6.45, 7) is 2.57. The van der Waals surface area contributed by atoms with Crippen molar-refractivity contribution in [3.8, 4) is 17.0 Å². The van der Waals surface area contributed by atoms with Crippen LogP contribution in [0.3, 0.4) is 0 Å². The van der Waals surface area contributed by atoms with Crippen LogP contribution >= 0.6 is 0 Å². The molecular weight excluding hydrogens is 318 g/mol. The minimum absolute atomic E-state index is 0.0113. The highest BCUT2D eigenvalue weighted by Crippen LogP contribution is 2.28. The van der Waals surface area contributed by atoms with E-state index in [1.54, 1.807) is 36.5 Å². The van der Waals surface area contributed by atoms with Gasteiger partial charge in [0, 0.05) is 24.2 Å². The van der Waals surface area contributed by atoms with Gasteiger partial charge in [-0.1, -0.05) is 0 Å². The van der Waals surface area contributed by atoms with Gasteiger partial charge in [0.2, 0.25) is 0 Å². The van der Waals surface area contributed by atoms with E-state index in [-0.39, 0.29) is 23.7 Å². The van der Waals surface area contributed by atoms with Crippen LogP contribution < -0.4 is 5.73 Å². The molecule has 1 amide bonds. The van der Waals surface area contributed by atoms with Gasteiger partial charge in [0.15, 0.2) is 5.65 Å².